The molecule has 1 heterocycles. The number of aromatic nitrogens is 2. The van der Waals surface area contributed by atoms with Crippen LogP contribution >= 0.6 is 0 Å². The van der Waals surface area contributed by atoms with Crippen molar-refractivity contribution in [3.63, 3.8) is 0 Å². The van der Waals surface area contributed by atoms with Crippen LogP contribution in [0.2, 0.25) is 0 Å². The first-order valence-corrected chi connectivity index (χ1v) is 9.72. The highest BCUT2D eigenvalue weighted by Crippen LogP contribution is 2.29. The van der Waals surface area contributed by atoms with E-state index in [9.17, 15) is 0 Å². The molecule has 1 saturated carbocycles. The Morgan fingerprint density at radius 2 is 1.81 bits per heavy atom. The van der Waals surface area contributed by atoms with Crippen LogP contribution in [0.3, 0.4) is 0 Å². The van der Waals surface area contributed by atoms with Crippen LogP contribution in [-0.4, -0.2) is 41.0 Å². The number of benzene rings is 1. The molecule has 1 aromatic carbocycles. The molecule has 0 amide bonds. The smallest absolute Gasteiger partial charge is 0.137 e. The zero-order valence-corrected chi connectivity index (χ0v) is 15.8. The number of nitrogens with one attached hydrogen (secondary N) is 1. The molecule has 1 aromatic heterocycles. The molecule has 2 aliphatic carbocycles. The fourth-order valence-electron chi connectivity index (χ4n) is 4.08. The van der Waals surface area contributed by atoms with E-state index in [-0.39, 0.29) is 0 Å². The Labute approximate surface area is 156 Å². The van der Waals surface area contributed by atoms with Gasteiger partial charge in [0.1, 0.15) is 11.6 Å². The van der Waals surface area contributed by atoms with Crippen molar-refractivity contribution in [2.24, 2.45) is 0 Å². The first-order chi connectivity index (χ1) is 12.7. The lowest BCUT2D eigenvalue weighted by Gasteiger charge is -2.33. The highest BCUT2D eigenvalue weighted by molar-refractivity contribution is 5.69. The molecule has 4 heteroatoms. The van der Waals surface area contributed by atoms with Gasteiger partial charge in [-0.3, -0.25) is 0 Å². The molecule has 4 nitrogen and oxygen atoms in total. The number of fused-ring (bicyclic) bond motifs is 1. The van der Waals surface area contributed by atoms with E-state index in [0.717, 1.165) is 36.2 Å². The highest BCUT2D eigenvalue weighted by Gasteiger charge is 2.24. The molecular formula is C22H28N4. The molecule has 2 aromatic rings. The van der Waals surface area contributed by atoms with Crippen LogP contribution in [0.4, 0.5) is 5.82 Å². The van der Waals surface area contributed by atoms with Crippen molar-refractivity contribution in [1.29, 1.82) is 0 Å². The van der Waals surface area contributed by atoms with Crippen molar-refractivity contribution in [2.45, 2.75) is 50.6 Å². The zero-order valence-electron chi connectivity index (χ0n) is 15.8. The molecule has 0 unspecified atom stereocenters. The summed E-state index contributed by atoms with van der Waals surface area (Å²) in [6.45, 7) is 0. The van der Waals surface area contributed by atoms with E-state index in [1.165, 1.54) is 36.8 Å². The van der Waals surface area contributed by atoms with Crippen LogP contribution in [0, 0.1) is 0 Å². The maximum atomic E-state index is 4.90. The second kappa shape index (κ2) is 7.58. The molecule has 26 heavy (non-hydrogen) atoms. The van der Waals surface area contributed by atoms with Crippen LogP contribution in [-0.2, 0) is 12.8 Å². The van der Waals surface area contributed by atoms with Crippen molar-refractivity contribution < 1.29 is 0 Å². The molecule has 2 aliphatic rings. The van der Waals surface area contributed by atoms with Crippen LogP contribution in [0.15, 0.2) is 36.4 Å². The third-order valence-corrected chi connectivity index (χ3v) is 5.64. The predicted octanol–water partition coefficient (Wildman–Crippen LogP) is 3.92. The Morgan fingerprint density at radius 3 is 2.54 bits per heavy atom. The first kappa shape index (κ1) is 17.2. The normalized spacial score (nSPS) is 21.8. The topological polar surface area (TPSA) is 41.0 Å². The van der Waals surface area contributed by atoms with E-state index in [4.69, 9.17) is 9.97 Å². The second-order valence-corrected chi connectivity index (χ2v) is 7.73. The minimum absolute atomic E-state index is 0.517. The molecule has 1 N–H and O–H groups in total. The molecule has 0 radical (unpaired) electrons. The Balaban J connectivity index is 1.51. The number of nitrogens with zero attached hydrogens (tertiary/aromatic N) is 3. The van der Waals surface area contributed by atoms with Gasteiger partial charge < -0.3 is 10.2 Å². The van der Waals surface area contributed by atoms with Gasteiger partial charge in [0.25, 0.3) is 0 Å². The van der Waals surface area contributed by atoms with Gasteiger partial charge in [-0.1, -0.05) is 42.5 Å². The van der Waals surface area contributed by atoms with Crippen molar-refractivity contribution in [3.05, 3.63) is 59.1 Å². The molecule has 0 atom stereocenters. The molecule has 0 saturated heterocycles. The third-order valence-electron chi connectivity index (χ3n) is 5.64. The quantitative estimate of drug-likeness (QED) is 0.889. The summed E-state index contributed by atoms with van der Waals surface area (Å²) in [7, 11) is 4.38. The van der Waals surface area contributed by atoms with E-state index in [0.29, 0.717) is 6.04 Å². The number of rotatable bonds is 5. The van der Waals surface area contributed by atoms with Crippen molar-refractivity contribution in [1.82, 2.24) is 14.9 Å². The van der Waals surface area contributed by atoms with Crippen molar-refractivity contribution in [2.75, 3.05) is 19.4 Å². The Bertz CT molecular complexity index is 774. The minimum atomic E-state index is 0.517. The summed E-state index contributed by atoms with van der Waals surface area (Å²) in [5.41, 5.74) is 3.61. The summed E-state index contributed by atoms with van der Waals surface area (Å²) in [6, 6.07) is 11.7. The van der Waals surface area contributed by atoms with Crippen molar-refractivity contribution in [3.8, 4) is 0 Å². The molecule has 4 rings (SSSR count). The molecule has 136 valence electrons. The van der Waals surface area contributed by atoms with E-state index in [1.54, 1.807) is 0 Å². The Hall–Kier alpha value is -2.20. The lowest BCUT2D eigenvalue weighted by molar-refractivity contribution is 0.221. The molecular weight excluding hydrogens is 320 g/mol. The summed E-state index contributed by atoms with van der Waals surface area (Å²) in [6.07, 6.45) is 11.0. The maximum absolute atomic E-state index is 4.90. The van der Waals surface area contributed by atoms with Gasteiger partial charge in [0, 0.05) is 30.5 Å². The predicted molar refractivity (Wildman–Crippen MR) is 107 cm³/mol. The largest absolute Gasteiger partial charge is 0.367 e. The second-order valence-electron chi connectivity index (χ2n) is 7.73. The number of hydrogen-bond acceptors (Lipinski definition) is 4. The first-order valence-electron chi connectivity index (χ1n) is 9.72. The van der Waals surface area contributed by atoms with Gasteiger partial charge in [-0.25, -0.2) is 9.97 Å². The van der Waals surface area contributed by atoms with Gasteiger partial charge in [-0.05, 0) is 45.3 Å². The minimum Gasteiger partial charge on any atom is -0.367 e. The third kappa shape index (κ3) is 3.80. The fourth-order valence-corrected chi connectivity index (χ4v) is 4.08. The van der Waals surface area contributed by atoms with Crippen molar-refractivity contribution >= 4 is 11.9 Å². The van der Waals surface area contributed by atoms with Gasteiger partial charge in [0.2, 0.25) is 0 Å². The molecule has 0 bridgehead atoms. The number of hydrogen-bond donors (Lipinski definition) is 1. The standard InChI is InChI=1S/C22H28N4/c1-26(2)18-13-11-17(12-14-18)23-22-19-9-6-10-20(19)24-21(25-22)15-16-7-4-3-5-8-16/h3-9,17-18H,10-15H2,1-2H3,(H,23,24,25). The Morgan fingerprint density at radius 1 is 1.04 bits per heavy atom. The summed E-state index contributed by atoms with van der Waals surface area (Å²) in [5.74, 6) is 1.95. The summed E-state index contributed by atoms with van der Waals surface area (Å²) in [4.78, 5) is 12.1. The van der Waals surface area contributed by atoms with E-state index < -0.39 is 0 Å². The van der Waals surface area contributed by atoms with E-state index in [1.807, 2.05) is 6.07 Å². The molecule has 0 spiro atoms. The van der Waals surface area contributed by atoms with Crippen LogP contribution in [0.1, 0.15) is 48.3 Å². The van der Waals surface area contributed by atoms with E-state index >= 15 is 0 Å². The molecule has 1 fully saturated rings. The van der Waals surface area contributed by atoms with Gasteiger partial charge in [-0.15, -0.1) is 0 Å². The van der Waals surface area contributed by atoms with Gasteiger partial charge >= 0.3 is 0 Å². The van der Waals surface area contributed by atoms with Crippen LogP contribution in [0.5, 0.6) is 0 Å². The van der Waals surface area contributed by atoms with Crippen LogP contribution in [0.25, 0.3) is 6.08 Å². The monoisotopic (exact) mass is 348 g/mol. The highest BCUT2D eigenvalue weighted by atomic mass is 15.1. The zero-order chi connectivity index (χ0) is 17.9. The lowest BCUT2D eigenvalue weighted by atomic mass is 9.90. The molecule has 0 aliphatic heterocycles. The SMILES string of the molecule is CN(C)C1CCC(Nc2nc(Cc3ccccc3)nc3c2C=CC3)CC1. The summed E-state index contributed by atoms with van der Waals surface area (Å²) in [5, 5.41) is 3.75. The number of anilines is 1. The van der Waals surface area contributed by atoms with Gasteiger partial charge in [-0.2, -0.15) is 0 Å². The lowest BCUT2D eigenvalue weighted by Crippen LogP contribution is -2.36. The average Bonchev–Trinajstić information content (AvgIpc) is 3.12. The van der Waals surface area contributed by atoms with Gasteiger partial charge in [0.15, 0.2) is 0 Å². The maximum Gasteiger partial charge on any atom is 0.137 e. The summed E-state index contributed by atoms with van der Waals surface area (Å²) >= 11 is 0. The summed E-state index contributed by atoms with van der Waals surface area (Å²) < 4.78 is 0. The Kier molecular flexibility index (Phi) is 5.02. The average molecular weight is 348 g/mol. The van der Waals surface area contributed by atoms with E-state index in [2.05, 4.69) is 60.7 Å². The fraction of sp³-hybridized carbons (Fsp3) is 0.455. The van der Waals surface area contributed by atoms with Crippen LogP contribution < -0.4 is 5.32 Å². The van der Waals surface area contributed by atoms with Gasteiger partial charge in [0.05, 0.1) is 5.69 Å². The number of allylic oxidation sites excluding steroid dienone is 1.